The Hall–Kier alpha value is -3.95. The van der Waals surface area contributed by atoms with E-state index in [-0.39, 0.29) is 11.8 Å². The minimum absolute atomic E-state index is 0.0505. The van der Waals surface area contributed by atoms with Crippen LogP contribution in [0.2, 0.25) is 0 Å². The second-order valence-electron chi connectivity index (χ2n) is 8.75. The largest absolute Gasteiger partial charge is 0.415 e. The number of hydrogen-bond acceptors (Lipinski definition) is 6. The van der Waals surface area contributed by atoms with Crippen molar-refractivity contribution >= 4 is 11.6 Å². The topological polar surface area (TPSA) is 98.7 Å². The molecule has 1 aliphatic heterocycles. The molecule has 0 saturated heterocycles. The molecule has 0 atom stereocenters. The molecule has 0 bridgehead atoms. The highest BCUT2D eigenvalue weighted by atomic mass is 19.3. The van der Waals surface area contributed by atoms with E-state index in [0.29, 0.717) is 12.1 Å². The number of nitrogens with one attached hydrogen (secondary N) is 1. The highest BCUT2D eigenvalue weighted by molar-refractivity contribution is 6.06. The van der Waals surface area contributed by atoms with Gasteiger partial charge >= 0.3 is 6.43 Å². The van der Waals surface area contributed by atoms with Gasteiger partial charge in [0, 0.05) is 16.8 Å². The van der Waals surface area contributed by atoms with E-state index in [9.17, 15) is 13.6 Å². The van der Waals surface area contributed by atoms with Crippen molar-refractivity contribution in [1.29, 1.82) is 0 Å². The van der Waals surface area contributed by atoms with Crippen molar-refractivity contribution < 1.29 is 18.0 Å². The molecular weight excluding hydrogens is 442 g/mol. The molecule has 1 N–H and O–H groups in total. The van der Waals surface area contributed by atoms with Crippen LogP contribution >= 0.6 is 0 Å². The average Bonchev–Trinajstić information content (AvgIpc) is 3.63. The van der Waals surface area contributed by atoms with Crippen LogP contribution in [0.4, 0.5) is 14.5 Å². The molecule has 2 aliphatic rings. The lowest BCUT2D eigenvalue weighted by atomic mass is 9.79. The molecule has 1 fully saturated rings. The van der Waals surface area contributed by atoms with E-state index in [1.165, 1.54) is 0 Å². The first kappa shape index (κ1) is 20.6. The number of hydrogen-bond donors (Lipinski definition) is 1. The second kappa shape index (κ2) is 7.82. The van der Waals surface area contributed by atoms with E-state index in [1.807, 2.05) is 30.5 Å². The summed E-state index contributed by atoms with van der Waals surface area (Å²) >= 11 is 0. The number of nitrogens with zero attached hydrogens (tertiary/aromatic N) is 5. The van der Waals surface area contributed by atoms with Gasteiger partial charge in [-0.2, -0.15) is 8.78 Å². The number of fused-ring (bicyclic) bond motifs is 2. The Labute approximate surface area is 193 Å². The molecule has 8 nitrogen and oxygen atoms in total. The van der Waals surface area contributed by atoms with E-state index in [0.717, 1.165) is 53.8 Å². The maximum absolute atomic E-state index is 12.7. The normalized spacial score (nSPS) is 16.4. The lowest BCUT2D eigenvalue weighted by Gasteiger charge is -2.20. The number of benzene rings is 2. The number of aromatic nitrogens is 5. The number of rotatable bonds is 5. The van der Waals surface area contributed by atoms with Crippen molar-refractivity contribution in [2.75, 3.05) is 5.32 Å². The lowest BCUT2D eigenvalue weighted by Crippen LogP contribution is -2.30. The monoisotopic (exact) mass is 462 g/mol. The standard InChI is InChI=1S/C24H20F2N6O2/c25-20(26)22-30-29-21(34-22)15-5-3-14(4-6-15)12-32-13-19(28-31-32)16-7-8-18-17(11-16)24(23(33)27-18)9-1-2-10-24/h3-8,11,13,20H,1-2,9-10,12H2,(H,27,33). The maximum atomic E-state index is 12.7. The molecule has 172 valence electrons. The van der Waals surface area contributed by atoms with E-state index in [1.54, 1.807) is 16.8 Å². The highest BCUT2D eigenvalue weighted by Crippen LogP contribution is 2.49. The predicted octanol–water partition coefficient (Wildman–Crippen LogP) is 4.74. The number of anilines is 1. The molecule has 3 heterocycles. The summed E-state index contributed by atoms with van der Waals surface area (Å²) < 4.78 is 32.0. The number of carbonyl (C=O) groups is 1. The molecule has 6 rings (SSSR count). The van der Waals surface area contributed by atoms with Crippen molar-refractivity contribution in [3.05, 3.63) is 65.7 Å². The van der Waals surface area contributed by atoms with Gasteiger partial charge in [0.25, 0.3) is 5.89 Å². The van der Waals surface area contributed by atoms with Crippen molar-refractivity contribution in [3.8, 4) is 22.7 Å². The van der Waals surface area contributed by atoms with Gasteiger partial charge in [0.05, 0.1) is 18.2 Å². The Balaban J connectivity index is 1.20. The molecule has 34 heavy (non-hydrogen) atoms. The summed E-state index contributed by atoms with van der Waals surface area (Å²) in [6, 6.07) is 13.1. The fraction of sp³-hybridized carbons (Fsp3) is 0.292. The molecule has 1 spiro atoms. The number of carbonyl (C=O) groups excluding carboxylic acids is 1. The van der Waals surface area contributed by atoms with Gasteiger partial charge in [-0.25, -0.2) is 4.68 Å². The van der Waals surface area contributed by atoms with Crippen molar-refractivity contribution in [1.82, 2.24) is 25.2 Å². The third kappa shape index (κ3) is 3.37. The van der Waals surface area contributed by atoms with E-state index < -0.39 is 17.7 Å². The molecule has 2 aromatic heterocycles. The third-order valence-electron chi connectivity index (χ3n) is 6.68. The van der Waals surface area contributed by atoms with Crippen molar-refractivity contribution in [2.24, 2.45) is 0 Å². The van der Waals surface area contributed by atoms with E-state index in [4.69, 9.17) is 4.42 Å². The van der Waals surface area contributed by atoms with E-state index >= 15 is 0 Å². The smallest absolute Gasteiger partial charge is 0.314 e. The first-order valence-electron chi connectivity index (χ1n) is 11.1. The maximum Gasteiger partial charge on any atom is 0.314 e. The van der Waals surface area contributed by atoms with Crippen LogP contribution in [0.3, 0.4) is 0 Å². The predicted molar refractivity (Wildman–Crippen MR) is 118 cm³/mol. The van der Waals surface area contributed by atoms with Crippen LogP contribution in [-0.4, -0.2) is 31.1 Å². The van der Waals surface area contributed by atoms with Crippen LogP contribution in [0, 0.1) is 0 Å². The molecule has 1 amide bonds. The Bertz CT molecular complexity index is 1370. The summed E-state index contributed by atoms with van der Waals surface area (Å²) in [7, 11) is 0. The van der Waals surface area contributed by atoms with Gasteiger partial charge in [-0.1, -0.05) is 36.3 Å². The van der Waals surface area contributed by atoms with Crippen LogP contribution in [-0.2, 0) is 16.8 Å². The molecule has 10 heteroatoms. The quantitative estimate of drug-likeness (QED) is 0.460. The highest BCUT2D eigenvalue weighted by Gasteiger charge is 2.48. The first-order valence-corrected chi connectivity index (χ1v) is 11.1. The summed E-state index contributed by atoms with van der Waals surface area (Å²) in [4.78, 5) is 12.7. The van der Waals surface area contributed by atoms with Gasteiger partial charge in [-0.15, -0.1) is 15.3 Å². The zero-order valence-corrected chi connectivity index (χ0v) is 18.0. The van der Waals surface area contributed by atoms with Crippen molar-refractivity contribution in [3.63, 3.8) is 0 Å². The van der Waals surface area contributed by atoms with Crippen LogP contribution in [0.25, 0.3) is 22.7 Å². The lowest BCUT2D eigenvalue weighted by molar-refractivity contribution is -0.120. The van der Waals surface area contributed by atoms with Gasteiger partial charge in [-0.3, -0.25) is 4.79 Å². The van der Waals surface area contributed by atoms with Gasteiger partial charge in [0.1, 0.15) is 5.69 Å². The fourth-order valence-electron chi connectivity index (χ4n) is 4.93. The van der Waals surface area contributed by atoms with Gasteiger partial charge in [0.15, 0.2) is 0 Å². The van der Waals surface area contributed by atoms with Crippen molar-refractivity contribution in [2.45, 2.75) is 44.1 Å². The van der Waals surface area contributed by atoms with Crippen LogP contribution in [0.1, 0.15) is 49.1 Å². The van der Waals surface area contributed by atoms with Crippen LogP contribution in [0.15, 0.2) is 53.1 Å². The summed E-state index contributed by atoms with van der Waals surface area (Å²) in [5, 5.41) is 18.6. The fourth-order valence-corrected chi connectivity index (χ4v) is 4.93. The molecule has 4 aromatic rings. The zero-order chi connectivity index (χ0) is 23.3. The number of halogens is 2. The third-order valence-corrected chi connectivity index (χ3v) is 6.68. The van der Waals surface area contributed by atoms with E-state index in [2.05, 4.69) is 31.9 Å². The molecule has 1 aliphatic carbocycles. The summed E-state index contributed by atoms with van der Waals surface area (Å²) in [5.74, 6) is -0.538. The summed E-state index contributed by atoms with van der Waals surface area (Å²) in [6.07, 6.45) is 2.95. The van der Waals surface area contributed by atoms with Gasteiger partial charge in [0.2, 0.25) is 11.8 Å². The van der Waals surface area contributed by atoms with Gasteiger partial charge in [-0.05, 0) is 48.2 Å². The average molecular weight is 462 g/mol. The molecular formula is C24H20F2N6O2. The molecule has 2 aromatic carbocycles. The minimum Gasteiger partial charge on any atom is -0.415 e. The number of amides is 1. The Morgan fingerprint density at radius 1 is 1.03 bits per heavy atom. The SMILES string of the molecule is O=C1Nc2ccc(-c3cn(Cc4ccc(-c5nnc(C(F)F)o5)cc4)nn3)cc2C12CCCC2. The minimum atomic E-state index is -2.80. The first-order chi connectivity index (χ1) is 16.5. The second-order valence-corrected chi connectivity index (χ2v) is 8.75. The summed E-state index contributed by atoms with van der Waals surface area (Å²) in [5.41, 5.74) is 4.72. The van der Waals surface area contributed by atoms with Gasteiger partial charge < -0.3 is 9.73 Å². The molecule has 0 radical (unpaired) electrons. The van der Waals surface area contributed by atoms with Crippen LogP contribution < -0.4 is 5.32 Å². The van der Waals surface area contributed by atoms with Crippen LogP contribution in [0.5, 0.6) is 0 Å². The molecule has 0 unspecified atom stereocenters. The number of alkyl halides is 2. The zero-order valence-electron chi connectivity index (χ0n) is 18.0. The Kier molecular flexibility index (Phi) is 4.75. The Morgan fingerprint density at radius 3 is 2.53 bits per heavy atom. The Morgan fingerprint density at radius 2 is 1.79 bits per heavy atom. The molecule has 1 saturated carbocycles. The summed E-state index contributed by atoms with van der Waals surface area (Å²) in [6.45, 7) is 0.480.